The second-order valence-electron chi connectivity index (χ2n) is 10.8. The van der Waals surface area contributed by atoms with Crippen LogP contribution in [0.4, 0.5) is 11.6 Å². The van der Waals surface area contributed by atoms with Crippen molar-refractivity contribution in [1.29, 1.82) is 0 Å². The molecule has 0 bridgehead atoms. The third-order valence-corrected chi connectivity index (χ3v) is 8.15. The Labute approximate surface area is 249 Å². The van der Waals surface area contributed by atoms with Crippen LogP contribution in [0.5, 0.6) is 0 Å². The average Bonchev–Trinajstić information content (AvgIpc) is 3.41. The van der Waals surface area contributed by atoms with Crippen molar-refractivity contribution in [3.63, 3.8) is 0 Å². The van der Waals surface area contributed by atoms with Gasteiger partial charge in [0, 0.05) is 43.5 Å². The summed E-state index contributed by atoms with van der Waals surface area (Å²) in [6.45, 7) is 7.23. The Morgan fingerprint density at radius 1 is 1.14 bits per heavy atom. The molecule has 11 nitrogen and oxygen atoms in total. The number of nitrogens with zero attached hydrogens (tertiary/aromatic N) is 5. The fourth-order valence-electron chi connectivity index (χ4n) is 5.44. The first-order valence-corrected chi connectivity index (χ1v) is 15.7. The molecule has 1 aliphatic heterocycles. The first-order valence-electron chi connectivity index (χ1n) is 13.4. The van der Waals surface area contributed by atoms with E-state index in [2.05, 4.69) is 26.3 Å². The quantitative estimate of drug-likeness (QED) is 0.299. The molecular formula is C29H32ClN7O4S. The van der Waals surface area contributed by atoms with Gasteiger partial charge in [-0.15, -0.1) is 0 Å². The highest BCUT2D eigenvalue weighted by molar-refractivity contribution is 7.89. The molecule has 2 N–H and O–H groups in total. The van der Waals surface area contributed by atoms with Crippen LogP contribution >= 0.6 is 11.6 Å². The molecule has 1 saturated heterocycles. The highest BCUT2D eigenvalue weighted by Crippen LogP contribution is 2.32. The summed E-state index contributed by atoms with van der Waals surface area (Å²) in [4.78, 5) is 41.9. The highest BCUT2D eigenvalue weighted by Gasteiger charge is 2.28. The van der Waals surface area contributed by atoms with Gasteiger partial charge in [0.15, 0.2) is 5.69 Å². The van der Waals surface area contributed by atoms with Crippen molar-refractivity contribution in [2.45, 2.75) is 39.2 Å². The Hall–Kier alpha value is -4.03. The standard InChI is InChI=1S/C29H32ClN7O4S/c1-16-12-21(18(3)32-23-6-7-24(30)33-26(23)27(38)35-42(5,40)41)25-22(13-16)28(39)36(4)29(34-25)37-11-9-20(15-37)19-8-10-31-17(2)14-19/h6-8,10,12-14,18,20,32H,9,11,15H2,1-5H3,(H,35,38)/t18-,20+/m1/s1. The van der Waals surface area contributed by atoms with Crippen LogP contribution in [0, 0.1) is 13.8 Å². The summed E-state index contributed by atoms with van der Waals surface area (Å²) in [5.41, 5.74) is 4.30. The number of carbonyl (C=O) groups excluding carboxylic acids is 1. The van der Waals surface area contributed by atoms with E-state index >= 15 is 0 Å². The fourth-order valence-corrected chi connectivity index (χ4v) is 6.02. The third-order valence-electron chi connectivity index (χ3n) is 7.39. The van der Waals surface area contributed by atoms with Crippen LogP contribution in [0.25, 0.3) is 10.9 Å². The summed E-state index contributed by atoms with van der Waals surface area (Å²) in [6.07, 6.45) is 3.64. The Kier molecular flexibility index (Phi) is 7.95. The van der Waals surface area contributed by atoms with Crippen LogP contribution in [0.1, 0.15) is 58.2 Å². The number of hydrogen-bond acceptors (Lipinski definition) is 9. The van der Waals surface area contributed by atoms with Crippen LogP contribution in [-0.2, 0) is 17.1 Å². The van der Waals surface area contributed by atoms with Gasteiger partial charge in [-0.3, -0.25) is 19.1 Å². The Morgan fingerprint density at radius 3 is 2.62 bits per heavy atom. The minimum absolute atomic E-state index is 0.0357. The molecule has 0 saturated carbocycles. The van der Waals surface area contributed by atoms with Gasteiger partial charge in [-0.2, -0.15) is 0 Å². The number of halogens is 1. The molecule has 4 aromatic rings. The van der Waals surface area contributed by atoms with Crippen molar-refractivity contribution < 1.29 is 13.2 Å². The number of hydrogen-bond donors (Lipinski definition) is 2. The normalized spacial score (nSPS) is 16.0. The number of rotatable bonds is 7. The van der Waals surface area contributed by atoms with Gasteiger partial charge in [0.05, 0.1) is 28.9 Å². The molecule has 0 spiro atoms. The summed E-state index contributed by atoms with van der Waals surface area (Å²) >= 11 is 6.03. The number of benzene rings is 1. The van der Waals surface area contributed by atoms with E-state index in [1.165, 1.54) is 11.6 Å². The molecular weight excluding hydrogens is 578 g/mol. The lowest BCUT2D eigenvalue weighted by molar-refractivity contribution is 0.0977. The van der Waals surface area contributed by atoms with Gasteiger partial charge in [0.1, 0.15) is 5.15 Å². The molecule has 42 heavy (non-hydrogen) atoms. The van der Waals surface area contributed by atoms with Crippen molar-refractivity contribution >= 4 is 50.1 Å². The van der Waals surface area contributed by atoms with Gasteiger partial charge in [-0.1, -0.05) is 17.7 Å². The van der Waals surface area contributed by atoms with Crippen LogP contribution in [0.3, 0.4) is 0 Å². The second kappa shape index (κ2) is 11.3. The fraction of sp³-hybridized carbons (Fsp3) is 0.345. The maximum Gasteiger partial charge on any atom is 0.285 e. The van der Waals surface area contributed by atoms with E-state index in [-0.39, 0.29) is 22.1 Å². The molecule has 2 atom stereocenters. The van der Waals surface area contributed by atoms with E-state index < -0.39 is 22.0 Å². The lowest BCUT2D eigenvalue weighted by atomic mass is 9.99. The molecule has 3 aromatic heterocycles. The number of anilines is 2. The van der Waals surface area contributed by atoms with Crippen LogP contribution in [0.15, 0.2) is 47.4 Å². The van der Waals surface area contributed by atoms with Gasteiger partial charge in [0.2, 0.25) is 16.0 Å². The number of pyridine rings is 2. The Morgan fingerprint density at radius 2 is 1.90 bits per heavy atom. The van der Waals surface area contributed by atoms with Gasteiger partial charge in [0.25, 0.3) is 11.5 Å². The smallest absolute Gasteiger partial charge is 0.285 e. The second-order valence-corrected chi connectivity index (χ2v) is 12.9. The predicted molar refractivity (Wildman–Crippen MR) is 164 cm³/mol. The number of aryl methyl sites for hydroxylation is 2. The number of amides is 1. The molecule has 0 aliphatic carbocycles. The topological polar surface area (TPSA) is 139 Å². The van der Waals surface area contributed by atoms with E-state index in [1.54, 1.807) is 17.7 Å². The van der Waals surface area contributed by atoms with Crippen molar-refractivity contribution in [3.8, 4) is 0 Å². The van der Waals surface area contributed by atoms with E-state index in [0.29, 0.717) is 22.8 Å². The van der Waals surface area contributed by atoms with Crippen LogP contribution in [0.2, 0.25) is 5.15 Å². The van der Waals surface area contributed by atoms with E-state index in [4.69, 9.17) is 16.6 Å². The number of nitrogens with one attached hydrogen (secondary N) is 2. The molecule has 1 fully saturated rings. The lowest BCUT2D eigenvalue weighted by Crippen LogP contribution is -2.31. The zero-order valence-electron chi connectivity index (χ0n) is 24.0. The van der Waals surface area contributed by atoms with Gasteiger partial charge < -0.3 is 10.2 Å². The maximum atomic E-state index is 13.6. The van der Waals surface area contributed by atoms with E-state index in [0.717, 1.165) is 42.6 Å². The zero-order valence-corrected chi connectivity index (χ0v) is 25.5. The molecule has 0 unspecified atom stereocenters. The molecule has 1 aromatic carbocycles. The maximum absolute atomic E-state index is 13.6. The van der Waals surface area contributed by atoms with Crippen LogP contribution < -0.4 is 20.5 Å². The monoisotopic (exact) mass is 609 g/mol. The van der Waals surface area contributed by atoms with Crippen molar-refractivity contribution in [3.05, 3.63) is 86.2 Å². The molecule has 4 heterocycles. The first kappa shape index (κ1) is 29.5. The zero-order chi connectivity index (χ0) is 30.3. The SMILES string of the molecule is Cc1cc([C@@H](C)Nc2ccc(Cl)nc2C(=O)NS(C)(=O)=O)c2nc(N3CC[C@H](c4ccnc(C)c4)C3)n(C)c(=O)c2c1. The number of fused-ring (bicyclic) bond motifs is 1. The van der Waals surface area contributed by atoms with Crippen molar-refractivity contribution in [2.24, 2.45) is 7.05 Å². The summed E-state index contributed by atoms with van der Waals surface area (Å²) in [7, 11) is -2.09. The summed E-state index contributed by atoms with van der Waals surface area (Å²) < 4.78 is 26.9. The van der Waals surface area contributed by atoms with Crippen molar-refractivity contribution in [2.75, 3.05) is 29.6 Å². The van der Waals surface area contributed by atoms with Gasteiger partial charge in [-0.05, 0) is 68.7 Å². The molecule has 1 amide bonds. The number of carbonyl (C=O) groups is 1. The van der Waals surface area contributed by atoms with Gasteiger partial charge >= 0.3 is 0 Å². The largest absolute Gasteiger partial charge is 0.377 e. The molecule has 220 valence electrons. The van der Waals surface area contributed by atoms with Gasteiger partial charge in [-0.25, -0.2) is 23.1 Å². The van der Waals surface area contributed by atoms with E-state index in [9.17, 15) is 18.0 Å². The van der Waals surface area contributed by atoms with E-state index in [1.807, 2.05) is 49.9 Å². The lowest BCUT2D eigenvalue weighted by Gasteiger charge is -2.23. The molecule has 1 aliphatic rings. The molecule has 5 rings (SSSR count). The van der Waals surface area contributed by atoms with Crippen molar-refractivity contribution in [1.82, 2.24) is 24.2 Å². The number of sulfonamides is 1. The molecule has 0 radical (unpaired) electrons. The average molecular weight is 610 g/mol. The molecule has 13 heteroatoms. The number of aromatic nitrogens is 4. The Balaban J connectivity index is 1.52. The minimum Gasteiger partial charge on any atom is -0.377 e. The Bertz CT molecular complexity index is 1880. The predicted octanol–water partition coefficient (Wildman–Crippen LogP) is 3.85. The summed E-state index contributed by atoms with van der Waals surface area (Å²) in [5.74, 6) is -0.0307. The summed E-state index contributed by atoms with van der Waals surface area (Å²) in [6, 6.07) is 10.5. The highest BCUT2D eigenvalue weighted by atomic mass is 35.5. The third kappa shape index (κ3) is 6.09. The summed E-state index contributed by atoms with van der Waals surface area (Å²) in [5, 5.41) is 3.77. The minimum atomic E-state index is -3.83. The van der Waals surface area contributed by atoms with Crippen LogP contribution in [-0.4, -0.2) is 53.2 Å². The first-order chi connectivity index (χ1) is 19.8.